The highest BCUT2D eigenvalue weighted by Crippen LogP contribution is 2.38. The van der Waals surface area contributed by atoms with E-state index in [-0.39, 0.29) is 5.91 Å². The first kappa shape index (κ1) is 21.4. The Morgan fingerprint density at radius 1 is 0.964 bits per heavy atom. The number of carbonyl (C=O) groups is 1. The van der Waals surface area contributed by atoms with Gasteiger partial charge in [0.1, 0.15) is 12.4 Å². The van der Waals surface area contributed by atoms with E-state index in [2.05, 4.69) is 0 Å². The summed E-state index contributed by atoms with van der Waals surface area (Å²) >= 11 is 0. The van der Waals surface area contributed by atoms with Crippen LogP contribution in [0, 0.1) is 6.92 Å². The molecule has 6 heteroatoms. The lowest BCUT2D eigenvalue weighted by molar-refractivity contribution is -0.130. The predicted octanol–water partition coefficient (Wildman–Crippen LogP) is 3.49. The van der Waals surface area contributed by atoms with Crippen molar-refractivity contribution < 1.29 is 23.7 Å². The Morgan fingerprint density at radius 3 is 2.11 bits per heavy atom. The Morgan fingerprint density at radius 2 is 1.57 bits per heavy atom. The van der Waals surface area contributed by atoms with Crippen LogP contribution in [0.4, 0.5) is 0 Å². The van der Waals surface area contributed by atoms with Crippen molar-refractivity contribution in [1.29, 1.82) is 0 Å². The summed E-state index contributed by atoms with van der Waals surface area (Å²) in [4.78, 5) is 14.1. The normalized spacial score (nSPS) is 10.3. The monoisotopic (exact) mass is 387 g/mol. The molecular weight excluding hydrogens is 358 g/mol. The van der Waals surface area contributed by atoms with E-state index in [0.29, 0.717) is 43.2 Å². The van der Waals surface area contributed by atoms with Gasteiger partial charge in [-0.25, -0.2) is 0 Å². The maximum Gasteiger partial charge on any atom is 0.222 e. The number of ether oxygens (including phenoxy) is 4. The summed E-state index contributed by atoms with van der Waals surface area (Å²) in [6.07, 6.45) is 0.971. The van der Waals surface area contributed by atoms with Crippen molar-refractivity contribution in [1.82, 2.24) is 4.90 Å². The van der Waals surface area contributed by atoms with Crippen LogP contribution in [0.15, 0.2) is 36.4 Å². The van der Waals surface area contributed by atoms with Crippen LogP contribution in [0.3, 0.4) is 0 Å². The van der Waals surface area contributed by atoms with Crippen LogP contribution in [-0.4, -0.2) is 52.3 Å². The van der Waals surface area contributed by atoms with Gasteiger partial charge in [-0.2, -0.15) is 0 Å². The largest absolute Gasteiger partial charge is 0.493 e. The molecule has 0 aliphatic rings. The summed E-state index contributed by atoms with van der Waals surface area (Å²) in [5.41, 5.74) is 2.14. The molecule has 0 aliphatic carbocycles. The second kappa shape index (κ2) is 10.4. The molecule has 0 aliphatic heterocycles. The predicted molar refractivity (Wildman–Crippen MR) is 109 cm³/mol. The Labute approximate surface area is 167 Å². The summed E-state index contributed by atoms with van der Waals surface area (Å²) in [7, 11) is 6.51. The molecule has 0 atom stereocenters. The summed E-state index contributed by atoms with van der Waals surface area (Å²) in [6.45, 7) is 3.02. The molecule has 6 nitrogen and oxygen atoms in total. The van der Waals surface area contributed by atoms with Crippen molar-refractivity contribution in [3.63, 3.8) is 0 Å². The van der Waals surface area contributed by atoms with Gasteiger partial charge in [0.15, 0.2) is 11.5 Å². The molecule has 0 aromatic heterocycles. The number of likely N-dealkylation sites (N-methyl/N-ethyl adjacent to an activating group) is 1. The molecule has 2 rings (SSSR count). The Kier molecular flexibility index (Phi) is 7.99. The average molecular weight is 387 g/mol. The zero-order chi connectivity index (χ0) is 20.5. The highest BCUT2D eigenvalue weighted by Gasteiger charge is 2.15. The lowest BCUT2D eigenvalue weighted by Gasteiger charge is -2.18. The highest BCUT2D eigenvalue weighted by atomic mass is 16.5. The van der Waals surface area contributed by atoms with Crippen molar-refractivity contribution in [3.05, 3.63) is 47.5 Å². The van der Waals surface area contributed by atoms with Crippen LogP contribution in [-0.2, 0) is 11.2 Å². The zero-order valence-electron chi connectivity index (χ0n) is 17.3. The smallest absolute Gasteiger partial charge is 0.222 e. The van der Waals surface area contributed by atoms with E-state index < -0.39 is 0 Å². The third kappa shape index (κ3) is 5.81. The Bertz CT molecular complexity index is 748. The number of hydrogen-bond acceptors (Lipinski definition) is 5. The molecule has 0 N–H and O–H groups in total. The fourth-order valence-electron chi connectivity index (χ4n) is 2.78. The Hall–Kier alpha value is -2.89. The van der Waals surface area contributed by atoms with Crippen molar-refractivity contribution in [2.45, 2.75) is 19.8 Å². The van der Waals surface area contributed by atoms with Crippen molar-refractivity contribution in [3.8, 4) is 23.0 Å². The fraction of sp³-hybridized carbons (Fsp3) is 0.409. The van der Waals surface area contributed by atoms with Gasteiger partial charge < -0.3 is 23.8 Å². The molecule has 0 fully saturated rings. The SMILES string of the molecule is COc1cc(CCC(=O)N(C)CCOc2ccc(C)cc2)cc(OC)c1OC. The number of amides is 1. The fourth-order valence-corrected chi connectivity index (χ4v) is 2.78. The van der Waals surface area contributed by atoms with Gasteiger partial charge in [-0.15, -0.1) is 0 Å². The number of carbonyl (C=O) groups excluding carboxylic acids is 1. The molecule has 152 valence electrons. The summed E-state index contributed by atoms with van der Waals surface area (Å²) in [5, 5.41) is 0. The minimum absolute atomic E-state index is 0.0567. The molecule has 0 heterocycles. The molecule has 28 heavy (non-hydrogen) atoms. The lowest BCUT2D eigenvalue weighted by Crippen LogP contribution is -2.31. The van der Waals surface area contributed by atoms with E-state index >= 15 is 0 Å². The molecule has 2 aromatic carbocycles. The maximum atomic E-state index is 12.4. The van der Waals surface area contributed by atoms with E-state index in [4.69, 9.17) is 18.9 Å². The molecule has 0 saturated heterocycles. The zero-order valence-corrected chi connectivity index (χ0v) is 17.3. The highest BCUT2D eigenvalue weighted by molar-refractivity contribution is 5.76. The van der Waals surface area contributed by atoms with Crippen LogP contribution >= 0.6 is 0 Å². The number of methoxy groups -OCH3 is 3. The van der Waals surface area contributed by atoms with Crippen molar-refractivity contribution >= 4 is 5.91 Å². The average Bonchev–Trinajstić information content (AvgIpc) is 2.72. The van der Waals surface area contributed by atoms with E-state index in [1.807, 2.05) is 43.3 Å². The van der Waals surface area contributed by atoms with Crippen LogP contribution in [0.25, 0.3) is 0 Å². The minimum atomic E-state index is 0.0567. The van der Waals surface area contributed by atoms with E-state index in [0.717, 1.165) is 11.3 Å². The van der Waals surface area contributed by atoms with Gasteiger partial charge in [-0.3, -0.25) is 4.79 Å². The van der Waals surface area contributed by atoms with Gasteiger partial charge in [-0.05, 0) is 43.2 Å². The molecule has 0 spiro atoms. The molecule has 0 unspecified atom stereocenters. The Balaban J connectivity index is 1.86. The third-order valence-electron chi connectivity index (χ3n) is 4.49. The first-order chi connectivity index (χ1) is 13.5. The molecule has 2 aromatic rings. The number of nitrogens with zero attached hydrogens (tertiary/aromatic N) is 1. The first-order valence-corrected chi connectivity index (χ1v) is 9.20. The van der Waals surface area contributed by atoms with E-state index in [1.165, 1.54) is 5.56 Å². The van der Waals surface area contributed by atoms with Gasteiger partial charge in [-0.1, -0.05) is 17.7 Å². The molecule has 0 radical (unpaired) electrons. The van der Waals surface area contributed by atoms with Gasteiger partial charge in [0.05, 0.1) is 27.9 Å². The van der Waals surface area contributed by atoms with Crippen LogP contribution in [0.5, 0.6) is 23.0 Å². The van der Waals surface area contributed by atoms with Gasteiger partial charge >= 0.3 is 0 Å². The number of rotatable bonds is 10. The minimum Gasteiger partial charge on any atom is -0.493 e. The summed E-state index contributed by atoms with van der Waals surface area (Å²) in [6, 6.07) is 11.6. The van der Waals surface area contributed by atoms with Crippen molar-refractivity contribution in [2.75, 3.05) is 41.5 Å². The second-order valence-corrected chi connectivity index (χ2v) is 6.51. The van der Waals surface area contributed by atoms with Crippen LogP contribution in [0.1, 0.15) is 17.5 Å². The summed E-state index contributed by atoms with van der Waals surface area (Å²) < 4.78 is 21.7. The van der Waals surface area contributed by atoms with Crippen molar-refractivity contribution in [2.24, 2.45) is 0 Å². The van der Waals surface area contributed by atoms with E-state index in [9.17, 15) is 4.79 Å². The molecular formula is C22H29NO5. The quantitative estimate of drug-likeness (QED) is 0.625. The standard InChI is InChI=1S/C22H29NO5/c1-16-6-9-18(10-7-16)28-13-12-23(2)21(24)11-8-17-14-19(25-3)22(27-5)20(15-17)26-4/h6-7,9-10,14-15H,8,11-13H2,1-5H3. The van der Waals surface area contributed by atoms with Crippen LogP contribution < -0.4 is 18.9 Å². The number of aryl methyl sites for hydroxylation is 2. The van der Waals surface area contributed by atoms with Gasteiger partial charge in [0.25, 0.3) is 0 Å². The lowest BCUT2D eigenvalue weighted by atomic mass is 10.1. The topological polar surface area (TPSA) is 57.2 Å². The van der Waals surface area contributed by atoms with Gasteiger partial charge in [0, 0.05) is 13.5 Å². The maximum absolute atomic E-state index is 12.4. The first-order valence-electron chi connectivity index (χ1n) is 9.20. The molecule has 0 bridgehead atoms. The molecule has 0 saturated carbocycles. The summed E-state index contributed by atoms with van der Waals surface area (Å²) in [5.74, 6) is 2.59. The third-order valence-corrected chi connectivity index (χ3v) is 4.49. The molecule has 1 amide bonds. The van der Waals surface area contributed by atoms with Gasteiger partial charge in [0.2, 0.25) is 11.7 Å². The number of hydrogen-bond donors (Lipinski definition) is 0. The van der Waals surface area contributed by atoms with E-state index in [1.54, 1.807) is 33.3 Å². The van der Waals surface area contributed by atoms with Crippen LogP contribution in [0.2, 0.25) is 0 Å². The number of benzene rings is 2. The second-order valence-electron chi connectivity index (χ2n) is 6.51.